The molecular weight excluding hydrogens is 374 g/mol. The Labute approximate surface area is 167 Å². The number of carbonyl (C=O) groups excluding carboxylic acids is 2. The summed E-state index contributed by atoms with van der Waals surface area (Å²) in [6.45, 7) is 3.92. The van der Waals surface area contributed by atoms with Crippen molar-refractivity contribution in [3.63, 3.8) is 0 Å². The SMILES string of the molecule is COC(=O)CNC(=O)c1cccc(Nc2nc(-c3ccc(C)cc3)c(C)s2)c1. The van der Waals surface area contributed by atoms with E-state index in [1.54, 1.807) is 29.5 Å². The summed E-state index contributed by atoms with van der Waals surface area (Å²) in [5.74, 6) is -0.839. The summed E-state index contributed by atoms with van der Waals surface area (Å²) >= 11 is 1.56. The Bertz CT molecular complexity index is 996. The van der Waals surface area contributed by atoms with E-state index in [1.165, 1.54) is 12.7 Å². The number of aryl methyl sites for hydroxylation is 2. The van der Waals surface area contributed by atoms with Gasteiger partial charge in [0, 0.05) is 21.7 Å². The van der Waals surface area contributed by atoms with Crippen molar-refractivity contribution in [1.82, 2.24) is 10.3 Å². The van der Waals surface area contributed by atoms with Crippen LogP contribution in [0.4, 0.5) is 10.8 Å². The van der Waals surface area contributed by atoms with Gasteiger partial charge in [0.1, 0.15) is 6.54 Å². The number of methoxy groups -OCH3 is 1. The largest absolute Gasteiger partial charge is 0.468 e. The van der Waals surface area contributed by atoms with E-state index in [9.17, 15) is 9.59 Å². The van der Waals surface area contributed by atoms with Gasteiger partial charge in [-0.1, -0.05) is 35.9 Å². The van der Waals surface area contributed by atoms with E-state index < -0.39 is 5.97 Å². The predicted octanol–water partition coefficient (Wildman–Crippen LogP) is 4.07. The van der Waals surface area contributed by atoms with Crippen molar-refractivity contribution < 1.29 is 14.3 Å². The van der Waals surface area contributed by atoms with E-state index in [1.807, 2.05) is 13.0 Å². The van der Waals surface area contributed by atoms with Crippen molar-refractivity contribution in [3.8, 4) is 11.3 Å². The second kappa shape index (κ2) is 8.67. The van der Waals surface area contributed by atoms with E-state index in [4.69, 9.17) is 4.98 Å². The van der Waals surface area contributed by atoms with Crippen LogP contribution >= 0.6 is 11.3 Å². The van der Waals surface area contributed by atoms with Crippen LogP contribution in [-0.2, 0) is 9.53 Å². The zero-order valence-corrected chi connectivity index (χ0v) is 16.7. The summed E-state index contributed by atoms with van der Waals surface area (Å²) in [7, 11) is 1.28. The number of hydrogen-bond donors (Lipinski definition) is 2. The van der Waals surface area contributed by atoms with Crippen LogP contribution in [0.2, 0.25) is 0 Å². The van der Waals surface area contributed by atoms with Crippen molar-refractivity contribution in [3.05, 3.63) is 64.5 Å². The van der Waals surface area contributed by atoms with Crippen LogP contribution in [0.5, 0.6) is 0 Å². The van der Waals surface area contributed by atoms with Gasteiger partial charge >= 0.3 is 5.97 Å². The maximum absolute atomic E-state index is 12.2. The van der Waals surface area contributed by atoms with Gasteiger partial charge in [0.2, 0.25) is 0 Å². The number of thiazole rings is 1. The molecule has 1 heterocycles. The van der Waals surface area contributed by atoms with E-state index in [2.05, 4.69) is 46.6 Å². The Hall–Kier alpha value is -3.19. The van der Waals surface area contributed by atoms with Gasteiger partial charge < -0.3 is 15.4 Å². The summed E-state index contributed by atoms with van der Waals surface area (Å²) in [6, 6.07) is 15.3. The second-order valence-electron chi connectivity index (χ2n) is 6.25. The molecule has 0 fully saturated rings. The summed E-state index contributed by atoms with van der Waals surface area (Å²) < 4.78 is 4.52. The minimum absolute atomic E-state index is 0.168. The Morgan fingerprint density at radius 1 is 1.11 bits per heavy atom. The van der Waals surface area contributed by atoms with Crippen molar-refractivity contribution >= 4 is 34.0 Å². The van der Waals surface area contributed by atoms with Gasteiger partial charge in [-0.3, -0.25) is 9.59 Å². The molecule has 1 amide bonds. The van der Waals surface area contributed by atoms with Gasteiger partial charge in [0.25, 0.3) is 5.91 Å². The molecular formula is C21H21N3O3S. The van der Waals surface area contributed by atoms with Crippen LogP contribution in [0.25, 0.3) is 11.3 Å². The van der Waals surface area contributed by atoms with E-state index in [-0.39, 0.29) is 12.5 Å². The molecule has 2 N–H and O–H groups in total. The van der Waals surface area contributed by atoms with Crippen molar-refractivity contribution in [2.24, 2.45) is 0 Å². The zero-order valence-electron chi connectivity index (χ0n) is 15.9. The van der Waals surface area contributed by atoms with Gasteiger partial charge in [-0.05, 0) is 32.0 Å². The van der Waals surface area contributed by atoms with Crippen molar-refractivity contribution in [1.29, 1.82) is 0 Å². The molecule has 0 bridgehead atoms. The van der Waals surface area contributed by atoms with Gasteiger partial charge in [-0.25, -0.2) is 4.98 Å². The fourth-order valence-corrected chi connectivity index (χ4v) is 3.47. The number of amides is 1. The first kappa shape index (κ1) is 19.6. The molecule has 3 aromatic rings. The van der Waals surface area contributed by atoms with Crippen molar-refractivity contribution in [2.45, 2.75) is 13.8 Å². The van der Waals surface area contributed by atoms with E-state index >= 15 is 0 Å². The molecule has 0 aliphatic carbocycles. The lowest BCUT2D eigenvalue weighted by Gasteiger charge is -2.07. The average Bonchev–Trinajstić information content (AvgIpc) is 3.06. The summed E-state index contributed by atoms with van der Waals surface area (Å²) in [5.41, 5.74) is 4.41. The predicted molar refractivity (Wildman–Crippen MR) is 111 cm³/mol. The summed E-state index contributed by atoms with van der Waals surface area (Å²) in [5, 5.41) is 6.53. The number of anilines is 2. The smallest absolute Gasteiger partial charge is 0.325 e. The number of aromatic nitrogens is 1. The number of ether oxygens (including phenoxy) is 1. The number of hydrogen-bond acceptors (Lipinski definition) is 6. The maximum atomic E-state index is 12.2. The number of esters is 1. The molecule has 3 rings (SSSR count). The molecule has 144 valence electrons. The fraction of sp³-hybridized carbons (Fsp3) is 0.190. The molecule has 0 unspecified atom stereocenters. The highest BCUT2D eigenvalue weighted by Crippen LogP contribution is 2.32. The lowest BCUT2D eigenvalue weighted by molar-refractivity contribution is -0.139. The lowest BCUT2D eigenvalue weighted by atomic mass is 10.1. The number of carbonyl (C=O) groups is 2. The molecule has 0 aliphatic heterocycles. The van der Waals surface area contributed by atoms with Gasteiger partial charge in [0.05, 0.1) is 12.8 Å². The third-order valence-corrected chi connectivity index (χ3v) is 5.00. The third kappa shape index (κ3) is 4.75. The Balaban J connectivity index is 1.74. The van der Waals surface area contributed by atoms with Gasteiger partial charge in [0.15, 0.2) is 5.13 Å². The topological polar surface area (TPSA) is 80.3 Å². The lowest BCUT2D eigenvalue weighted by Crippen LogP contribution is -2.30. The molecule has 28 heavy (non-hydrogen) atoms. The monoisotopic (exact) mass is 395 g/mol. The Kier molecular flexibility index (Phi) is 6.06. The number of benzene rings is 2. The minimum atomic E-state index is -0.496. The first-order valence-electron chi connectivity index (χ1n) is 8.73. The quantitative estimate of drug-likeness (QED) is 0.615. The molecule has 2 aromatic carbocycles. The molecule has 0 spiro atoms. The molecule has 0 radical (unpaired) electrons. The standard InChI is InChI=1S/C21H21N3O3S/c1-13-7-9-15(10-8-13)19-14(2)28-21(24-19)23-17-6-4-5-16(11-17)20(26)22-12-18(25)27-3/h4-11H,12H2,1-3H3,(H,22,26)(H,23,24). The molecule has 7 heteroatoms. The van der Waals surface area contributed by atoms with E-state index in [0.717, 1.165) is 27.0 Å². The molecule has 0 saturated carbocycles. The molecule has 0 saturated heterocycles. The minimum Gasteiger partial charge on any atom is -0.468 e. The second-order valence-corrected chi connectivity index (χ2v) is 7.46. The molecule has 1 aromatic heterocycles. The zero-order chi connectivity index (χ0) is 20.1. The van der Waals surface area contributed by atoms with E-state index in [0.29, 0.717) is 5.56 Å². The van der Waals surface area contributed by atoms with Crippen LogP contribution in [0.15, 0.2) is 48.5 Å². The fourth-order valence-electron chi connectivity index (χ4n) is 2.62. The van der Waals surface area contributed by atoms with Crippen LogP contribution in [0, 0.1) is 13.8 Å². The maximum Gasteiger partial charge on any atom is 0.325 e. The molecule has 0 aliphatic rings. The Morgan fingerprint density at radius 2 is 1.86 bits per heavy atom. The highest BCUT2D eigenvalue weighted by atomic mass is 32.1. The highest BCUT2D eigenvalue weighted by molar-refractivity contribution is 7.16. The van der Waals surface area contributed by atoms with Crippen LogP contribution in [-0.4, -0.2) is 30.5 Å². The van der Waals surface area contributed by atoms with Crippen LogP contribution < -0.4 is 10.6 Å². The van der Waals surface area contributed by atoms with Crippen LogP contribution in [0.1, 0.15) is 20.8 Å². The Morgan fingerprint density at radius 3 is 2.57 bits per heavy atom. The number of rotatable bonds is 6. The molecule has 6 nitrogen and oxygen atoms in total. The van der Waals surface area contributed by atoms with Crippen LogP contribution in [0.3, 0.4) is 0 Å². The first-order chi connectivity index (χ1) is 13.5. The number of nitrogens with zero attached hydrogens (tertiary/aromatic N) is 1. The third-order valence-electron chi connectivity index (χ3n) is 4.12. The first-order valence-corrected chi connectivity index (χ1v) is 9.54. The van der Waals surface area contributed by atoms with Gasteiger partial charge in [-0.15, -0.1) is 11.3 Å². The van der Waals surface area contributed by atoms with Gasteiger partial charge in [-0.2, -0.15) is 0 Å². The molecule has 0 atom stereocenters. The van der Waals surface area contributed by atoms with Crippen molar-refractivity contribution in [2.75, 3.05) is 19.0 Å². The summed E-state index contributed by atoms with van der Waals surface area (Å²) in [4.78, 5) is 29.2. The highest BCUT2D eigenvalue weighted by Gasteiger charge is 2.12. The summed E-state index contributed by atoms with van der Waals surface area (Å²) in [6.07, 6.45) is 0. The normalized spacial score (nSPS) is 10.4. The average molecular weight is 395 g/mol. The number of nitrogens with one attached hydrogen (secondary N) is 2.